The summed E-state index contributed by atoms with van der Waals surface area (Å²) >= 11 is 9.35. The first-order valence-corrected chi connectivity index (χ1v) is 9.67. The van der Waals surface area contributed by atoms with Crippen LogP contribution >= 0.6 is 27.5 Å². The number of amides is 2. The van der Waals surface area contributed by atoms with Crippen LogP contribution in [0.5, 0.6) is 5.75 Å². The lowest BCUT2D eigenvalue weighted by Crippen LogP contribution is -2.48. The number of carbonyl (C=O) groups is 2. The number of carbonyl (C=O) groups excluding carboxylic acids is 2. The molecular formula is C18H24BrClN2O4. The SMILES string of the molecule is CC(C)(C)OC(=O)NC1CCN(C(=O)COc2cccc(Cl)c2Br)CC1. The van der Waals surface area contributed by atoms with Crippen LogP contribution in [-0.2, 0) is 9.53 Å². The minimum Gasteiger partial charge on any atom is -0.483 e. The standard InChI is InChI=1S/C18H24BrClN2O4/c1-18(2,3)26-17(24)21-12-7-9-22(10-8-12)15(23)11-25-14-6-4-5-13(20)16(14)19/h4-6,12H,7-11H2,1-3H3,(H,21,24). The highest BCUT2D eigenvalue weighted by Gasteiger charge is 2.26. The van der Waals surface area contributed by atoms with Crippen molar-refractivity contribution in [2.75, 3.05) is 19.7 Å². The van der Waals surface area contributed by atoms with E-state index in [1.54, 1.807) is 23.1 Å². The molecule has 1 heterocycles. The van der Waals surface area contributed by atoms with Gasteiger partial charge in [0.15, 0.2) is 6.61 Å². The fourth-order valence-corrected chi connectivity index (χ4v) is 3.12. The Morgan fingerprint density at radius 2 is 1.96 bits per heavy atom. The molecule has 1 aromatic carbocycles. The fraction of sp³-hybridized carbons (Fsp3) is 0.556. The van der Waals surface area contributed by atoms with Gasteiger partial charge in [0.1, 0.15) is 11.4 Å². The summed E-state index contributed by atoms with van der Waals surface area (Å²) in [5, 5.41) is 3.39. The van der Waals surface area contributed by atoms with Crippen molar-refractivity contribution in [2.45, 2.75) is 45.3 Å². The maximum absolute atomic E-state index is 12.3. The molecule has 1 aliphatic heterocycles. The number of piperidine rings is 1. The van der Waals surface area contributed by atoms with Gasteiger partial charge in [0.05, 0.1) is 9.50 Å². The Morgan fingerprint density at radius 3 is 2.58 bits per heavy atom. The lowest BCUT2D eigenvalue weighted by atomic mass is 10.1. The van der Waals surface area contributed by atoms with Gasteiger partial charge in [-0.05, 0) is 61.7 Å². The largest absolute Gasteiger partial charge is 0.483 e. The highest BCUT2D eigenvalue weighted by atomic mass is 79.9. The zero-order chi connectivity index (χ0) is 19.3. The second-order valence-corrected chi connectivity index (χ2v) is 8.34. The Balaban J connectivity index is 1.76. The van der Waals surface area contributed by atoms with E-state index in [-0.39, 0.29) is 18.6 Å². The van der Waals surface area contributed by atoms with Crippen molar-refractivity contribution in [3.8, 4) is 5.75 Å². The summed E-state index contributed by atoms with van der Waals surface area (Å²) < 4.78 is 11.5. The second kappa shape index (κ2) is 8.95. The third-order valence-electron chi connectivity index (χ3n) is 3.84. The molecule has 1 N–H and O–H groups in total. The molecule has 1 aliphatic rings. The summed E-state index contributed by atoms with van der Waals surface area (Å²) in [5.74, 6) is 0.444. The molecular weight excluding hydrogens is 424 g/mol. The van der Waals surface area contributed by atoms with Gasteiger partial charge in [-0.2, -0.15) is 0 Å². The number of nitrogens with one attached hydrogen (secondary N) is 1. The lowest BCUT2D eigenvalue weighted by molar-refractivity contribution is -0.134. The van der Waals surface area contributed by atoms with E-state index in [2.05, 4.69) is 21.2 Å². The number of alkyl carbamates (subject to hydrolysis) is 1. The molecule has 1 fully saturated rings. The molecule has 2 rings (SSSR count). The normalized spacial score (nSPS) is 15.5. The number of hydrogen-bond donors (Lipinski definition) is 1. The molecule has 8 heteroatoms. The summed E-state index contributed by atoms with van der Waals surface area (Å²) in [5.41, 5.74) is -0.521. The van der Waals surface area contributed by atoms with Crippen LogP contribution in [-0.4, -0.2) is 48.2 Å². The average Bonchev–Trinajstić information content (AvgIpc) is 2.55. The molecule has 0 radical (unpaired) electrons. The van der Waals surface area contributed by atoms with Gasteiger partial charge in [-0.3, -0.25) is 4.79 Å². The van der Waals surface area contributed by atoms with Gasteiger partial charge >= 0.3 is 6.09 Å². The van der Waals surface area contributed by atoms with E-state index in [0.717, 1.165) is 0 Å². The molecule has 0 spiro atoms. The summed E-state index contributed by atoms with van der Waals surface area (Å²) in [6.07, 6.45) is 0.953. The minimum absolute atomic E-state index is 0.0110. The zero-order valence-corrected chi connectivity index (χ0v) is 17.5. The smallest absolute Gasteiger partial charge is 0.407 e. The Labute approximate surface area is 167 Å². The zero-order valence-electron chi connectivity index (χ0n) is 15.2. The first-order chi connectivity index (χ1) is 12.2. The Morgan fingerprint density at radius 1 is 1.31 bits per heavy atom. The van der Waals surface area contributed by atoms with E-state index in [9.17, 15) is 9.59 Å². The number of hydrogen-bond acceptors (Lipinski definition) is 4. The highest BCUT2D eigenvalue weighted by Crippen LogP contribution is 2.31. The van der Waals surface area contributed by atoms with Gasteiger partial charge in [0, 0.05) is 19.1 Å². The van der Waals surface area contributed by atoms with Crippen LogP contribution in [0.1, 0.15) is 33.6 Å². The van der Waals surface area contributed by atoms with Crippen molar-refractivity contribution in [1.29, 1.82) is 0 Å². The fourth-order valence-electron chi connectivity index (χ4n) is 2.57. The van der Waals surface area contributed by atoms with Crippen molar-refractivity contribution >= 4 is 39.5 Å². The van der Waals surface area contributed by atoms with Gasteiger partial charge < -0.3 is 19.7 Å². The summed E-state index contributed by atoms with van der Waals surface area (Å²) in [6, 6.07) is 5.26. The second-order valence-electron chi connectivity index (χ2n) is 7.14. The van der Waals surface area contributed by atoms with Crippen LogP contribution in [0.2, 0.25) is 5.02 Å². The Kier molecular flexibility index (Phi) is 7.17. The summed E-state index contributed by atoms with van der Waals surface area (Å²) in [7, 11) is 0. The van der Waals surface area contributed by atoms with Crippen LogP contribution in [0.15, 0.2) is 22.7 Å². The van der Waals surface area contributed by atoms with E-state index in [4.69, 9.17) is 21.1 Å². The first kappa shape index (κ1) is 20.8. The third kappa shape index (κ3) is 6.36. The predicted molar refractivity (Wildman–Crippen MR) is 104 cm³/mol. The minimum atomic E-state index is -0.521. The monoisotopic (exact) mass is 446 g/mol. The van der Waals surface area contributed by atoms with Crippen LogP contribution in [0, 0.1) is 0 Å². The number of benzene rings is 1. The van der Waals surface area contributed by atoms with Crippen LogP contribution in [0.3, 0.4) is 0 Å². The maximum atomic E-state index is 12.3. The van der Waals surface area contributed by atoms with E-state index in [1.807, 2.05) is 20.8 Å². The number of rotatable bonds is 4. The average molecular weight is 448 g/mol. The van der Waals surface area contributed by atoms with Crippen LogP contribution in [0.4, 0.5) is 4.79 Å². The molecule has 0 aromatic heterocycles. The van der Waals surface area contributed by atoms with Gasteiger partial charge in [-0.25, -0.2) is 4.79 Å². The summed E-state index contributed by atoms with van der Waals surface area (Å²) in [4.78, 5) is 25.9. The van der Waals surface area contributed by atoms with E-state index in [1.165, 1.54) is 0 Å². The molecule has 144 valence electrons. The third-order valence-corrected chi connectivity index (χ3v) is 5.20. The van der Waals surface area contributed by atoms with E-state index < -0.39 is 11.7 Å². The van der Waals surface area contributed by atoms with Crippen molar-refractivity contribution in [3.05, 3.63) is 27.7 Å². The van der Waals surface area contributed by atoms with Gasteiger partial charge in [-0.1, -0.05) is 17.7 Å². The van der Waals surface area contributed by atoms with E-state index in [0.29, 0.717) is 41.2 Å². The van der Waals surface area contributed by atoms with Crippen molar-refractivity contribution < 1.29 is 19.1 Å². The van der Waals surface area contributed by atoms with Gasteiger partial charge in [0.25, 0.3) is 5.91 Å². The quantitative estimate of drug-likeness (QED) is 0.757. The van der Waals surface area contributed by atoms with Crippen molar-refractivity contribution in [3.63, 3.8) is 0 Å². The molecule has 0 unspecified atom stereocenters. The molecule has 1 aromatic rings. The number of halogens is 2. The van der Waals surface area contributed by atoms with Gasteiger partial charge in [-0.15, -0.1) is 0 Å². The van der Waals surface area contributed by atoms with Gasteiger partial charge in [0.2, 0.25) is 0 Å². The predicted octanol–water partition coefficient (Wildman–Crippen LogP) is 4.00. The molecule has 2 amide bonds. The number of ether oxygens (including phenoxy) is 2. The highest BCUT2D eigenvalue weighted by molar-refractivity contribution is 9.10. The Bertz CT molecular complexity index is 655. The molecule has 0 saturated carbocycles. The molecule has 0 aliphatic carbocycles. The molecule has 6 nitrogen and oxygen atoms in total. The molecule has 1 saturated heterocycles. The lowest BCUT2D eigenvalue weighted by Gasteiger charge is -2.32. The van der Waals surface area contributed by atoms with Crippen molar-refractivity contribution in [1.82, 2.24) is 10.2 Å². The molecule has 0 atom stereocenters. The first-order valence-electron chi connectivity index (χ1n) is 8.50. The maximum Gasteiger partial charge on any atom is 0.407 e. The topological polar surface area (TPSA) is 67.9 Å². The number of nitrogens with zero attached hydrogens (tertiary/aromatic N) is 1. The molecule has 0 bridgehead atoms. The van der Waals surface area contributed by atoms with Crippen LogP contribution < -0.4 is 10.1 Å². The van der Waals surface area contributed by atoms with Crippen LogP contribution in [0.25, 0.3) is 0 Å². The number of likely N-dealkylation sites (tertiary alicyclic amines) is 1. The molecule has 26 heavy (non-hydrogen) atoms. The summed E-state index contributed by atoms with van der Waals surface area (Å²) in [6.45, 7) is 6.56. The van der Waals surface area contributed by atoms with Crippen molar-refractivity contribution in [2.24, 2.45) is 0 Å². The van der Waals surface area contributed by atoms with E-state index >= 15 is 0 Å². The Hall–Kier alpha value is -1.47.